The van der Waals surface area contributed by atoms with Crippen molar-refractivity contribution in [2.45, 2.75) is 20.5 Å². The lowest BCUT2D eigenvalue weighted by molar-refractivity contribution is -0.386. The highest BCUT2D eigenvalue weighted by Crippen LogP contribution is 2.34. The van der Waals surface area contributed by atoms with E-state index in [4.69, 9.17) is 13.7 Å². The van der Waals surface area contributed by atoms with Crippen LogP contribution in [-0.2, 0) is 6.61 Å². The van der Waals surface area contributed by atoms with Crippen LogP contribution in [-0.4, -0.2) is 20.3 Å². The highest BCUT2D eigenvalue weighted by molar-refractivity contribution is 5.77. The van der Waals surface area contributed by atoms with Gasteiger partial charge in [0.15, 0.2) is 12.4 Å². The fourth-order valence-corrected chi connectivity index (χ4v) is 2.86. The summed E-state index contributed by atoms with van der Waals surface area (Å²) in [4.78, 5) is 10.7. The lowest BCUT2D eigenvalue weighted by Gasteiger charge is -2.04. The molecule has 0 spiro atoms. The molecule has 29 heavy (non-hydrogen) atoms. The predicted molar refractivity (Wildman–Crippen MR) is 102 cm³/mol. The number of aromatic nitrogens is 3. The number of rotatable bonds is 6. The summed E-state index contributed by atoms with van der Waals surface area (Å²) in [6.07, 6.45) is 0. The predicted octanol–water partition coefficient (Wildman–Crippen LogP) is 4.50. The second-order valence-electron chi connectivity index (χ2n) is 6.35. The maximum Gasteiger partial charge on any atom is 0.311 e. The Morgan fingerprint density at radius 2 is 1.90 bits per heavy atom. The SMILES string of the molecule is Cc1ccc(OCc2nnc(-c3c(-c4ccccc4)noc3C)o2)c([N+](=O)[O-])c1. The van der Waals surface area contributed by atoms with Crippen LogP contribution in [0.1, 0.15) is 17.2 Å². The molecule has 0 aliphatic carbocycles. The Labute approximate surface area is 165 Å². The third kappa shape index (κ3) is 3.70. The van der Waals surface area contributed by atoms with Crippen molar-refractivity contribution >= 4 is 5.69 Å². The topological polar surface area (TPSA) is 117 Å². The number of hydrogen-bond donors (Lipinski definition) is 0. The van der Waals surface area contributed by atoms with Gasteiger partial charge in [0.1, 0.15) is 17.0 Å². The third-order valence-corrected chi connectivity index (χ3v) is 4.25. The van der Waals surface area contributed by atoms with Crippen molar-refractivity contribution in [3.8, 4) is 28.5 Å². The Balaban J connectivity index is 1.58. The second kappa shape index (κ2) is 7.55. The van der Waals surface area contributed by atoms with Gasteiger partial charge in [-0.2, -0.15) is 0 Å². The molecule has 2 aromatic heterocycles. The molecule has 0 bridgehead atoms. The molecule has 2 aromatic carbocycles. The van der Waals surface area contributed by atoms with E-state index in [1.54, 1.807) is 26.0 Å². The number of nitro benzene ring substituents is 1. The van der Waals surface area contributed by atoms with Crippen LogP contribution >= 0.6 is 0 Å². The van der Waals surface area contributed by atoms with Crippen molar-refractivity contribution in [2.24, 2.45) is 0 Å². The molecule has 0 aliphatic heterocycles. The van der Waals surface area contributed by atoms with Gasteiger partial charge in [0.05, 0.1) is 4.92 Å². The van der Waals surface area contributed by atoms with Crippen LogP contribution in [0.4, 0.5) is 5.69 Å². The Morgan fingerprint density at radius 3 is 2.66 bits per heavy atom. The lowest BCUT2D eigenvalue weighted by Crippen LogP contribution is -1.99. The smallest absolute Gasteiger partial charge is 0.311 e. The Bertz CT molecular complexity index is 1170. The maximum absolute atomic E-state index is 11.2. The fourth-order valence-electron chi connectivity index (χ4n) is 2.86. The number of nitro groups is 1. The molecule has 4 rings (SSSR count). The van der Waals surface area contributed by atoms with Crippen molar-refractivity contribution in [3.05, 3.63) is 75.9 Å². The molecule has 0 saturated heterocycles. The molecule has 0 aliphatic rings. The van der Waals surface area contributed by atoms with E-state index >= 15 is 0 Å². The van der Waals surface area contributed by atoms with E-state index in [2.05, 4.69) is 15.4 Å². The molecule has 9 heteroatoms. The number of aryl methyl sites for hydroxylation is 2. The molecule has 0 saturated carbocycles. The molecular formula is C20H16N4O5. The second-order valence-corrected chi connectivity index (χ2v) is 6.35. The summed E-state index contributed by atoms with van der Waals surface area (Å²) in [5.41, 5.74) is 2.68. The van der Waals surface area contributed by atoms with Crippen LogP contribution in [0.2, 0.25) is 0 Å². The first-order chi connectivity index (χ1) is 14.0. The van der Waals surface area contributed by atoms with E-state index < -0.39 is 4.92 Å². The summed E-state index contributed by atoms with van der Waals surface area (Å²) in [6, 6.07) is 14.2. The molecule has 146 valence electrons. The van der Waals surface area contributed by atoms with Gasteiger partial charge in [-0.05, 0) is 25.5 Å². The average Bonchev–Trinajstić information content (AvgIpc) is 3.33. The van der Waals surface area contributed by atoms with E-state index in [1.807, 2.05) is 30.3 Å². The molecule has 0 radical (unpaired) electrons. The van der Waals surface area contributed by atoms with E-state index in [0.717, 1.165) is 11.1 Å². The van der Waals surface area contributed by atoms with E-state index in [-0.39, 0.29) is 29.8 Å². The van der Waals surface area contributed by atoms with E-state index in [0.29, 0.717) is 17.0 Å². The van der Waals surface area contributed by atoms with Crippen LogP contribution < -0.4 is 4.74 Å². The normalized spacial score (nSPS) is 10.8. The minimum absolute atomic E-state index is 0.109. The van der Waals surface area contributed by atoms with Gasteiger partial charge in [-0.3, -0.25) is 10.1 Å². The Morgan fingerprint density at radius 1 is 1.10 bits per heavy atom. The summed E-state index contributed by atoms with van der Waals surface area (Å²) in [7, 11) is 0. The number of ether oxygens (including phenoxy) is 1. The minimum atomic E-state index is -0.492. The van der Waals surface area contributed by atoms with Gasteiger partial charge in [0.25, 0.3) is 11.8 Å². The highest BCUT2D eigenvalue weighted by atomic mass is 16.6. The number of benzene rings is 2. The number of hydrogen-bond acceptors (Lipinski definition) is 8. The van der Waals surface area contributed by atoms with Crippen LogP contribution in [0.5, 0.6) is 5.75 Å². The van der Waals surface area contributed by atoms with Gasteiger partial charge in [0.2, 0.25) is 0 Å². The van der Waals surface area contributed by atoms with Crippen LogP contribution in [0.25, 0.3) is 22.7 Å². The van der Waals surface area contributed by atoms with Gasteiger partial charge in [-0.25, -0.2) is 0 Å². The zero-order valence-corrected chi connectivity index (χ0v) is 15.7. The summed E-state index contributed by atoms with van der Waals surface area (Å²) in [5.74, 6) is 1.08. The monoisotopic (exact) mass is 392 g/mol. The van der Waals surface area contributed by atoms with Gasteiger partial charge in [-0.15, -0.1) is 10.2 Å². The molecule has 0 N–H and O–H groups in total. The van der Waals surface area contributed by atoms with Crippen molar-refractivity contribution in [3.63, 3.8) is 0 Å². The van der Waals surface area contributed by atoms with E-state index in [1.165, 1.54) is 6.07 Å². The largest absolute Gasteiger partial charge is 0.477 e. The van der Waals surface area contributed by atoms with Crippen LogP contribution in [0.15, 0.2) is 57.5 Å². The highest BCUT2D eigenvalue weighted by Gasteiger charge is 2.22. The quantitative estimate of drug-likeness (QED) is 0.348. The Hall–Kier alpha value is -4.01. The average molecular weight is 392 g/mol. The van der Waals surface area contributed by atoms with Crippen LogP contribution in [0, 0.1) is 24.0 Å². The van der Waals surface area contributed by atoms with Gasteiger partial charge in [-0.1, -0.05) is 41.6 Å². The van der Waals surface area contributed by atoms with Gasteiger partial charge >= 0.3 is 5.69 Å². The van der Waals surface area contributed by atoms with Crippen LogP contribution in [0.3, 0.4) is 0 Å². The minimum Gasteiger partial charge on any atom is -0.477 e. The molecule has 0 atom stereocenters. The fraction of sp³-hybridized carbons (Fsp3) is 0.150. The summed E-state index contributed by atoms with van der Waals surface area (Å²) in [6.45, 7) is 3.42. The van der Waals surface area contributed by atoms with Crippen molar-refractivity contribution in [1.29, 1.82) is 0 Å². The lowest BCUT2D eigenvalue weighted by atomic mass is 10.1. The Kier molecular flexibility index (Phi) is 4.78. The zero-order chi connectivity index (χ0) is 20.4. The van der Waals surface area contributed by atoms with Gasteiger partial charge in [0, 0.05) is 11.6 Å². The molecule has 0 amide bonds. The molecule has 0 fully saturated rings. The first-order valence-corrected chi connectivity index (χ1v) is 8.75. The maximum atomic E-state index is 11.2. The first-order valence-electron chi connectivity index (χ1n) is 8.75. The standard InChI is InChI=1S/C20H16N4O5/c1-12-8-9-16(15(10-12)24(25)26)27-11-17-21-22-20(28-17)18-13(2)29-23-19(18)14-6-4-3-5-7-14/h3-10H,11H2,1-2H3. The zero-order valence-electron chi connectivity index (χ0n) is 15.7. The molecule has 4 aromatic rings. The van der Waals surface area contributed by atoms with Crippen molar-refractivity contribution in [1.82, 2.24) is 15.4 Å². The summed E-state index contributed by atoms with van der Waals surface area (Å²) in [5, 5.41) is 23.3. The molecular weight excluding hydrogens is 376 g/mol. The first kappa shape index (κ1) is 18.4. The molecule has 2 heterocycles. The summed E-state index contributed by atoms with van der Waals surface area (Å²) < 4.78 is 16.6. The molecule has 9 nitrogen and oxygen atoms in total. The van der Waals surface area contributed by atoms with Crippen molar-refractivity contribution in [2.75, 3.05) is 0 Å². The summed E-state index contributed by atoms with van der Waals surface area (Å²) >= 11 is 0. The van der Waals surface area contributed by atoms with Crippen molar-refractivity contribution < 1.29 is 18.6 Å². The van der Waals surface area contributed by atoms with Gasteiger partial charge < -0.3 is 13.7 Å². The third-order valence-electron chi connectivity index (χ3n) is 4.25. The van der Waals surface area contributed by atoms with E-state index in [9.17, 15) is 10.1 Å². The number of nitrogens with zero attached hydrogens (tertiary/aromatic N) is 4. The molecule has 0 unspecified atom stereocenters.